The molecule has 4 aromatic heterocycles. The Kier molecular flexibility index (Phi) is 7.70. The molecule has 0 aliphatic heterocycles. The highest BCUT2D eigenvalue weighted by Crippen LogP contribution is 2.31. The molecule has 204 valence electrons. The number of nitriles is 1. The number of carboxylic acid groups (broad SMARTS) is 1. The molecule has 14 heteroatoms. The molecule has 0 unspecified atom stereocenters. The molecule has 1 aliphatic rings. The summed E-state index contributed by atoms with van der Waals surface area (Å²) in [6.07, 6.45) is 9.50. The van der Waals surface area contributed by atoms with Crippen molar-refractivity contribution in [2.45, 2.75) is 37.8 Å². The van der Waals surface area contributed by atoms with Gasteiger partial charge in [0.15, 0.2) is 0 Å². The van der Waals surface area contributed by atoms with Gasteiger partial charge in [0, 0.05) is 55.0 Å². The first-order chi connectivity index (χ1) is 19.4. The third-order valence-electron chi connectivity index (χ3n) is 6.66. The van der Waals surface area contributed by atoms with E-state index in [4.69, 9.17) is 16.3 Å². The SMILES string of the molecule is COc1ncc(-c2ccc(N(C(=O)O)[C@H]3CC[C@H](Nc4ncc(C#N)c(-c5nn(C)cc5Cl)n4)CC3)nc2)cn1. The average molecular weight is 561 g/mol. The van der Waals surface area contributed by atoms with Gasteiger partial charge in [0.2, 0.25) is 5.95 Å². The Morgan fingerprint density at radius 3 is 2.40 bits per heavy atom. The largest absolute Gasteiger partial charge is 0.467 e. The van der Waals surface area contributed by atoms with Crippen LogP contribution in [0.1, 0.15) is 31.2 Å². The van der Waals surface area contributed by atoms with E-state index in [0.29, 0.717) is 53.9 Å². The summed E-state index contributed by atoms with van der Waals surface area (Å²) in [4.78, 5) is 35.0. The minimum atomic E-state index is -1.06. The fourth-order valence-electron chi connectivity index (χ4n) is 4.71. The van der Waals surface area contributed by atoms with Crippen LogP contribution in [0.5, 0.6) is 6.01 Å². The van der Waals surface area contributed by atoms with E-state index in [0.717, 1.165) is 11.1 Å². The van der Waals surface area contributed by atoms with E-state index in [1.165, 1.54) is 18.2 Å². The number of anilines is 2. The van der Waals surface area contributed by atoms with Crippen molar-refractivity contribution in [3.8, 4) is 34.6 Å². The van der Waals surface area contributed by atoms with E-state index in [1.54, 1.807) is 48.6 Å². The lowest BCUT2D eigenvalue weighted by atomic mass is 9.90. The molecule has 1 aliphatic carbocycles. The van der Waals surface area contributed by atoms with E-state index in [9.17, 15) is 15.2 Å². The number of nitrogens with one attached hydrogen (secondary N) is 1. The fraction of sp³-hybridized carbons (Fsp3) is 0.308. The Morgan fingerprint density at radius 1 is 1.10 bits per heavy atom. The van der Waals surface area contributed by atoms with Crippen LogP contribution in [0.4, 0.5) is 16.6 Å². The Bertz CT molecular complexity index is 1540. The van der Waals surface area contributed by atoms with Gasteiger partial charge in [-0.2, -0.15) is 10.4 Å². The van der Waals surface area contributed by atoms with Crippen molar-refractivity contribution in [2.75, 3.05) is 17.3 Å². The van der Waals surface area contributed by atoms with Crippen LogP contribution in [-0.4, -0.2) is 65.1 Å². The van der Waals surface area contributed by atoms with Crippen LogP contribution in [0.15, 0.2) is 43.1 Å². The third-order valence-corrected chi connectivity index (χ3v) is 6.93. The average Bonchev–Trinajstić information content (AvgIpc) is 3.31. The van der Waals surface area contributed by atoms with E-state index >= 15 is 0 Å². The fourth-order valence-corrected chi connectivity index (χ4v) is 4.97. The molecule has 0 bridgehead atoms. The van der Waals surface area contributed by atoms with E-state index in [-0.39, 0.29) is 23.7 Å². The lowest BCUT2D eigenvalue weighted by molar-refractivity contribution is 0.195. The van der Waals surface area contributed by atoms with Crippen molar-refractivity contribution in [2.24, 2.45) is 7.05 Å². The molecule has 0 aromatic carbocycles. The smallest absolute Gasteiger partial charge is 0.413 e. The molecule has 1 amide bonds. The zero-order chi connectivity index (χ0) is 28.2. The van der Waals surface area contributed by atoms with Crippen molar-refractivity contribution >= 4 is 29.5 Å². The maximum atomic E-state index is 12.2. The first-order valence-corrected chi connectivity index (χ1v) is 12.8. The molecular weight excluding hydrogens is 536 g/mol. The number of halogens is 1. The molecular formula is C26H25ClN10O3. The predicted molar refractivity (Wildman–Crippen MR) is 146 cm³/mol. The van der Waals surface area contributed by atoms with Crippen LogP contribution in [0, 0.1) is 11.3 Å². The van der Waals surface area contributed by atoms with Gasteiger partial charge in [0.05, 0.1) is 23.9 Å². The molecule has 4 aromatic rings. The molecule has 0 spiro atoms. The summed E-state index contributed by atoms with van der Waals surface area (Å²) in [5, 5.41) is 27.5. The number of amides is 1. The van der Waals surface area contributed by atoms with Gasteiger partial charge < -0.3 is 15.2 Å². The first kappa shape index (κ1) is 26.8. The summed E-state index contributed by atoms with van der Waals surface area (Å²) in [7, 11) is 3.23. The third kappa shape index (κ3) is 5.62. The molecule has 5 rings (SSSR count). The van der Waals surface area contributed by atoms with Gasteiger partial charge in [-0.3, -0.25) is 9.58 Å². The Labute approximate surface area is 234 Å². The second-order valence-electron chi connectivity index (χ2n) is 9.23. The standard InChI is InChI=1S/C26H25ClN10O3/c1-36-14-20(27)23(35-36)22-16(9-28)11-30-24(34-22)33-18-4-6-19(7-5-18)37(26(38)39)21-8-3-15(10-29-21)17-12-31-25(40-2)32-13-17/h3,8,10-14,18-19H,4-7H2,1-2H3,(H,38,39)(H,30,33,34)/t18-,19-. The normalized spacial score (nSPS) is 16.6. The van der Waals surface area contributed by atoms with Crippen molar-refractivity contribution < 1.29 is 14.6 Å². The number of pyridine rings is 1. The van der Waals surface area contributed by atoms with Crippen molar-refractivity contribution in [1.29, 1.82) is 5.26 Å². The summed E-state index contributed by atoms with van der Waals surface area (Å²) in [6.45, 7) is 0. The minimum Gasteiger partial charge on any atom is -0.467 e. The Hall–Kier alpha value is -4.83. The number of aromatic nitrogens is 7. The summed E-state index contributed by atoms with van der Waals surface area (Å²) in [6, 6.07) is 5.62. The van der Waals surface area contributed by atoms with E-state index in [2.05, 4.69) is 41.4 Å². The monoisotopic (exact) mass is 560 g/mol. The number of hydrogen-bond acceptors (Lipinski definition) is 10. The second-order valence-corrected chi connectivity index (χ2v) is 9.64. The number of rotatable bonds is 7. The van der Waals surface area contributed by atoms with Gasteiger partial charge in [-0.25, -0.2) is 29.7 Å². The number of hydrogen-bond donors (Lipinski definition) is 2. The summed E-state index contributed by atoms with van der Waals surface area (Å²) in [5.74, 6) is 0.712. The second kappa shape index (κ2) is 11.5. The van der Waals surface area contributed by atoms with Gasteiger partial charge in [-0.1, -0.05) is 11.6 Å². The van der Waals surface area contributed by atoms with Crippen LogP contribution < -0.4 is 15.0 Å². The molecule has 2 N–H and O–H groups in total. The Morgan fingerprint density at radius 2 is 1.82 bits per heavy atom. The highest BCUT2D eigenvalue weighted by Gasteiger charge is 2.31. The van der Waals surface area contributed by atoms with Crippen LogP contribution in [-0.2, 0) is 7.05 Å². The molecule has 0 saturated heterocycles. The molecule has 13 nitrogen and oxygen atoms in total. The molecule has 1 fully saturated rings. The lowest BCUT2D eigenvalue weighted by Crippen LogP contribution is -2.44. The molecule has 1 saturated carbocycles. The van der Waals surface area contributed by atoms with Crippen LogP contribution in [0.2, 0.25) is 5.02 Å². The van der Waals surface area contributed by atoms with Crippen LogP contribution >= 0.6 is 11.6 Å². The van der Waals surface area contributed by atoms with E-state index < -0.39 is 6.09 Å². The van der Waals surface area contributed by atoms with Crippen LogP contribution in [0.25, 0.3) is 22.5 Å². The first-order valence-electron chi connectivity index (χ1n) is 12.4. The number of ether oxygens (including phenoxy) is 1. The highest BCUT2D eigenvalue weighted by molar-refractivity contribution is 6.33. The van der Waals surface area contributed by atoms with Gasteiger partial charge in [0.25, 0.3) is 0 Å². The number of aryl methyl sites for hydroxylation is 1. The lowest BCUT2D eigenvalue weighted by Gasteiger charge is -2.35. The van der Waals surface area contributed by atoms with Crippen molar-refractivity contribution in [1.82, 2.24) is 34.7 Å². The number of carbonyl (C=O) groups is 1. The summed E-state index contributed by atoms with van der Waals surface area (Å²) < 4.78 is 6.54. The summed E-state index contributed by atoms with van der Waals surface area (Å²) in [5.41, 5.74) is 2.53. The van der Waals surface area contributed by atoms with E-state index in [1.807, 2.05) is 0 Å². The Balaban J connectivity index is 1.25. The minimum absolute atomic E-state index is 0.0253. The van der Waals surface area contributed by atoms with Crippen LogP contribution in [0.3, 0.4) is 0 Å². The van der Waals surface area contributed by atoms with Gasteiger partial charge in [-0.15, -0.1) is 0 Å². The molecule has 40 heavy (non-hydrogen) atoms. The number of nitrogens with zero attached hydrogens (tertiary/aromatic N) is 9. The van der Waals surface area contributed by atoms with Gasteiger partial charge >= 0.3 is 12.1 Å². The maximum absolute atomic E-state index is 12.2. The quantitative estimate of drug-likeness (QED) is 0.332. The summed E-state index contributed by atoms with van der Waals surface area (Å²) >= 11 is 6.28. The molecule has 0 radical (unpaired) electrons. The molecule has 0 atom stereocenters. The van der Waals surface area contributed by atoms with Crippen molar-refractivity contribution in [3.63, 3.8) is 0 Å². The van der Waals surface area contributed by atoms with Crippen molar-refractivity contribution in [3.05, 3.63) is 53.7 Å². The predicted octanol–water partition coefficient (Wildman–Crippen LogP) is 4.17. The maximum Gasteiger partial charge on any atom is 0.413 e. The zero-order valence-corrected chi connectivity index (χ0v) is 22.4. The number of methoxy groups -OCH3 is 1. The van der Waals surface area contributed by atoms with Gasteiger partial charge in [-0.05, 0) is 37.8 Å². The highest BCUT2D eigenvalue weighted by atomic mass is 35.5. The zero-order valence-electron chi connectivity index (χ0n) is 21.7. The topological polar surface area (TPSA) is 168 Å². The van der Waals surface area contributed by atoms with Gasteiger partial charge in [0.1, 0.15) is 23.3 Å². The molecule has 4 heterocycles.